The third kappa shape index (κ3) is 3.42. The number of ether oxygens (including phenoxy) is 2. The van der Waals surface area contributed by atoms with E-state index in [1.165, 1.54) is 0 Å². The first-order valence-corrected chi connectivity index (χ1v) is 5.75. The summed E-state index contributed by atoms with van der Waals surface area (Å²) in [4.78, 5) is 0. The van der Waals surface area contributed by atoms with Crippen molar-refractivity contribution in [1.29, 1.82) is 0 Å². The highest BCUT2D eigenvalue weighted by atomic mass is 16.5. The molecule has 0 saturated carbocycles. The fourth-order valence-electron chi connectivity index (χ4n) is 1.41. The molecule has 1 atom stereocenters. The molecule has 0 fully saturated rings. The van der Waals surface area contributed by atoms with Crippen LogP contribution in [0.15, 0.2) is 18.2 Å². The zero-order valence-corrected chi connectivity index (χ0v) is 10.3. The molecule has 3 nitrogen and oxygen atoms in total. The predicted molar refractivity (Wildman–Crippen MR) is 66.0 cm³/mol. The first-order chi connectivity index (χ1) is 7.69. The zero-order valence-electron chi connectivity index (χ0n) is 10.3. The SMILES string of the molecule is CCCCOc1ccc(C(C)N)cc1OC. The molecule has 0 bridgehead atoms. The van der Waals surface area contributed by atoms with Crippen molar-refractivity contribution in [3.63, 3.8) is 0 Å². The monoisotopic (exact) mass is 223 g/mol. The van der Waals surface area contributed by atoms with E-state index in [-0.39, 0.29) is 6.04 Å². The minimum Gasteiger partial charge on any atom is -0.493 e. The molecule has 1 aromatic carbocycles. The maximum Gasteiger partial charge on any atom is 0.161 e. The molecule has 0 aliphatic carbocycles. The van der Waals surface area contributed by atoms with Gasteiger partial charge in [-0.25, -0.2) is 0 Å². The molecule has 90 valence electrons. The summed E-state index contributed by atoms with van der Waals surface area (Å²) >= 11 is 0. The minimum atomic E-state index is 0.0126. The van der Waals surface area contributed by atoms with Gasteiger partial charge < -0.3 is 15.2 Å². The Balaban J connectivity index is 2.76. The van der Waals surface area contributed by atoms with Gasteiger partial charge in [-0.2, -0.15) is 0 Å². The molecule has 0 heterocycles. The van der Waals surface area contributed by atoms with Crippen molar-refractivity contribution in [2.75, 3.05) is 13.7 Å². The highest BCUT2D eigenvalue weighted by molar-refractivity contribution is 5.43. The average molecular weight is 223 g/mol. The smallest absolute Gasteiger partial charge is 0.161 e. The molecule has 16 heavy (non-hydrogen) atoms. The van der Waals surface area contributed by atoms with Crippen LogP contribution in [0.3, 0.4) is 0 Å². The summed E-state index contributed by atoms with van der Waals surface area (Å²) in [6.45, 7) is 4.82. The molecule has 0 aromatic heterocycles. The number of rotatable bonds is 6. The van der Waals surface area contributed by atoms with Gasteiger partial charge in [0.05, 0.1) is 13.7 Å². The molecule has 1 unspecified atom stereocenters. The lowest BCUT2D eigenvalue weighted by molar-refractivity contribution is 0.288. The van der Waals surface area contributed by atoms with Gasteiger partial charge in [-0.1, -0.05) is 19.4 Å². The molecule has 2 N–H and O–H groups in total. The highest BCUT2D eigenvalue weighted by Crippen LogP contribution is 2.29. The van der Waals surface area contributed by atoms with Gasteiger partial charge in [0.2, 0.25) is 0 Å². The van der Waals surface area contributed by atoms with Crippen LogP contribution in [-0.4, -0.2) is 13.7 Å². The Morgan fingerprint density at radius 3 is 2.62 bits per heavy atom. The molecule has 1 aromatic rings. The van der Waals surface area contributed by atoms with E-state index in [9.17, 15) is 0 Å². The Bertz CT molecular complexity index is 324. The first-order valence-electron chi connectivity index (χ1n) is 5.75. The molecule has 3 heteroatoms. The van der Waals surface area contributed by atoms with Crippen molar-refractivity contribution in [2.45, 2.75) is 32.7 Å². The summed E-state index contributed by atoms with van der Waals surface area (Å²) < 4.78 is 10.9. The standard InChI is InChI=1S/C13H21NO2/c1-4-5-8-16-12-7-6-11(10(2)14)9-13(12)15-3/h6-7,9-10H,4-5,8,14H2,1-3H3. The Morgan fingerprint density at radius 2 is 2.06 bits per heavy atom. The Hall–Kier alpha value is -1.22. The molecule has 0 radical (unpaired) electrons. The quantitative estimate of drug-likeness (QED) is 0.754. The van der Waals surface area contributed by atoms with E-state index < -0.39 is 0 Å². The van der Waals surface area contributed by atoms with Gasteiger partial charge in [0.25, 0.3) is 0 Å². The van der Waals surface area contributed by atoms with Gasteiger partial charge in [-0.3, -0.25) is 0 Å². The predicted octanol–water partition coefficient (Wildman–Crippen LogP) is 2.89. The van der Waals surface area contributed by atoms with Crippen LogP contribution in [0.4, 0.5) is 0 Å². The molecule has 0 amide bonds. The molecular weight excluding hydrogens is 202 g/mol. The third-order valence-corrected chi connectivity index (χ3v) is 2.47. The molecule has 0 spiro atoms. The fourth-order valence-corrected chi connectivity index (χ4v) is 1.41. The number of hydrogen-bond acceptors (Lipinski definition) is 3. The van der Waals surface area contributed by atoms with Gasteiger partial charge in [0, 0.05) is 6.04 Å². The lowest BCUT2D eigenvalue weighted by Gasteiger charge is -2.13. The van der Waals surface area contributed by atoms with Crippen LogP contribution in [0.1, 0.15) is 38.3 Å². The second kappa shape index (κ2) is 6.38. The van der Waals surface area contributed by atoms with Gasteiger partial charge in [0.15, 0.2) is 11.5 Å². The summed E-state index contributed by atoms with van der Waals surface area (Å²) in [5, 5.41) is 0. The van der Waals surface area contributed by atoms with Crippen LogP contribution in [0.2, 0.25) is 0 Å². The van der Waals surface area contributed by atoms with Crippen molar-refractivity contribution in [1.82, 2.24) is 0 Å². The molecule has 0 aliphatic rings. The van der Waals surface area contributed by atoms with E-state index in [0.29, 0.717) is 0 Å². The van der Waals surface area contributed by atoms with Crippen LogP contribution in [0.25, 0.3) is 0 Å². The van der Waals surface area contributed by atoms with Gasteiger partial charge >= 0.3 is 0 Å². The fraction of sp³-hybridized carbons (Fsp3) is 0.538. The van der Waals surface area contributed by atoms with Crippen LogP contribution >= 0.6 is 0 Å². The van der Waals surface area contributed by atoms with Crippen LogP contribution < -0.4 is 15.2 Å². The Labute approximate surface area is 97.6 Å². The van der Waals surface area contributed by atoms with Crippen molar-refractivity contribution in [3.8, 4) is 11.5 Å². The number of nitrogens with two attached hydrogens (primary N) is 1. The topological polar surface area (TPSA) is 44.5 Å². The summed E-state index contributed by atoms with van der Waals surface area (Å²) in [5.41, 5.74) is 6.87. The lowest BCUT2D eigenvalue weighted by atomic mass is 10.1. The van der Waals surface area contributed by atoms with E-state index in [1.54, 1.807) is 7.11 Å². The zero-order chi connectivity index (χ0) is 12.0. The summed E-state index contributed by atoms with van der Waals surface area (Å²) in [6.07, 6.45) is 2.18. The summed E-state index contributed by atoms with van der Waals surface area (Å²) in [7, 11) is 1.65. The van der Waals surface area contributed by atoms with E-state index >= 15 is 0 Å². The first kappa shape index (κ1) is 12.8. The maximum absolute atomic E-state index is 5.81. The van der Waals surface area contributed by atoms with Crippen LogP contribution in [0.5, 0.6) is 11.5 Å². The molecule has 0 saturated heterocycles. The van der Waals surface area contributed by atoms with Gasteiger partial charge in [-0.15, -0.1) is 0 Å². The minimum absolute atomic E-state index is 0.0126. The van der Waals surface area contributed by atoms with Gasteiger partial charge in [0.1, 0.15) is 0 Å². The second-order valence-corrected chi connectivity index (χ2v) is 3.90. The van der Waals surface area contributed by atoms with E-state index in [1.807, 2.05) is 25.1 Å². The largest absolute Gasteiger partial charge is 0.493 e. The van der Waals surface area contributed by atoms with Gasteiger partial charge in [-0.05, 0) is 31.0 Å². The molecule has 1 rings (SSSR count). The second-order valence-electron chi connectivity index (χ2n) is 3.90. The van der Waals surface area contributed by atoms with Crippen molar-refractivity contribution in [2.24, 2.45) is 5.73 Å². The number of methoxy groups -OCH3 is 1. The molecule has 0 aliphatic heterocycles. The van der Waals surface area contributed by atoms with E-state index in [4.69, 9.17) is 15.2 Å². The highest BCUT2D eigenvalue weighted by Gasteiger charge is 2.07. The van der Waals surface area contributed by atoms with Crippen LogP contribution in [-0.2, 0) is 0 Å². The van der Waals surface area contributed by atoms with Crippen molar-refractivity contribution in [3.05, 3.63) is 23.8 Å². The maximum atomic E-state index is 5.81. The van der Waals surface area contributed by atoms with Crippen molar-refractivity contribution >= 4 is 0 Å². The van der Waals surface area contributed by atoms with Crippen LogP contribution in [0, 0.1) is 0 Å². The third-order valence-electron chi connectivity index (χ3n) is 2.47. The molecular formula is C13H21NO2. The van der Waals surface area contributed by atoms with E-state index in [2.05, 4.69) is 6.92 Å². The Kier molecular flexibility index (Phi) is 5.12. The normalized spacial score (nSPS) is 12.2. The number of hydrogen-bond donors (Lipinski definition) is 1. The number of unbranched alkanes of at least 4 members (excludes halogenated alkanes) is 1. The Morgan fingerprint density at radius 1 is 1.31 bits per heavy atom. The average Bonchev–Trinajstić information content (AvgIpc) is 2.29. The lowest BCUT2D eigenvalue weighted by Crippen LogP contribution is -2.06. The summed E-state index contributed by atoms with van der Waals surface area (Å²) in [6, 6.07) is 5.85. The number of benzene rings is 1. The summed E-state index contributed by atoms with van der Waals surface area (Å²) in [5.74, 6) is 1.55. The van der Waals surface area contributed by atoms with E-state index in [0.717, 1.165) is 36.5 Å². The van der Waals surface area contributed by atoms with Crippen molar-refractivity contribution < 1.29 is 9.47 Å².